The number of carbonyl (C=O) groups excluding carboxylic acids is 2. The molecule has 5 N–H and O–H groups in total. The summed E-state index contributed by atoms with van der Waals surface area (Å²) in [5.74, 6) is -0.494. The lowest BCUT2D eigenvalue weighted by atomic mass is 10.1. The van der Waals surface area contributed by atoms with E-state index in [4.69, 9.17) is 10.8 Å². The molecule has 8 rings (SSSR count). The van der Waals surface area contributed by atoms with Crippen LogP contribution in [0.1, 0.15) is 38.8 Å². The molecule has 0 atom stereocenters. The van der Waals surface area contributed by atoms with Gasteiger partial charge >= 0.3 is 0 Å². The highest BCUT2D eigenvalue weighted by molar-refractivity contribution is 6.05. The Kier molecular flexibility index (Phi) is 12.1. The standard InChI is InChI=1S/C21H16N4O3.C21H18N4O.C2H6O/c1-14-2-11-20-23-19(13-24(20)12-14)15-3-7-17(8-4-15)22-21(26)16-5-9-18(10-6-16)25(27)28;1-14-2-11-20-24-19(13-25(20)12-14)15-5-9-18(10-6-15)23-21(26)16-3-7-17(22)8-4-16;1-2-3/h2-13H,1H3,(H,22,26);2-13H,22H2,1H3,(H,23,26);3H,2H2,1H3. The van der Waals surface area contributed by atoms with Gasteiger partial charge in [-0.25, -0.2) is 9.97 Å². The van der Waals surface area contributed by atoms with Crippen molar-refractivity contribution < 1.29 is 19.6 Å². The van der Waals surface area contributed by atoms with Crippen LogP contribution < -0.4 is 16.4 Å². The van der Waals surface area contributed by atoms with Gasteiger partial charge in [0.25, 0.3) is 17.5 Å². The van der Waals surface area contributed by atoms with Crippen LogP contribution in [0.2, 0.25) is 0 Å². The van der Waals surface area contributed by atoms with Crippen LogP contribution in [0.5, 0.6) is 0 Å². The van der Waals surface area contributed by atoms with Crippen LogP contribution in [0.15, 0.2) is 146 Å². The van der Waals surface area contributed by atoms with Crippen LogP contribution in [-0.2, 0) is 0 Å². The minimum Gasteiger partial charge on any atom is -0.399 e. The van der Waals surface area contributed by atoms with E-state index in [1.54, 1.807) is 43.3 Å². The molecule has 4 aromatic carbocycles. The molecule has 4 heterocycles. The summed E-state index contributed by atoms with van der Waals surface area (Å²) < 4.78 is 4.00. The third-order valence-electron chi connectivity index (χ3n) is 8.59. The summed E-state index contributed by atoms with van der Waals surface area (Å²) in [7, 11) is 0. The van der Waals surface area contributed by atoms with Crippen molar-refractivity contribution in [3.8, 4) is 22.5 Å². The van der Waals surface area contributed by atoms with E-state index in [1.807, 2.05) is 101 Å². The quantitative estimate of drug-likeness (QED) is 0.0707. The Morgan fingerprint density at radius 3 is 1.40 bits per heavy atom. The number of rotatable bonds is 7. The monoisotopic (exact) mass is 760 g/mol. The van der Waals surface area contributed by atoms with Crippen molar-refractivity contribution in [3.05, 3.63) is 178 Å². The van der Waals surface area contributed by atoms with Crippen molar-refractivity contribution >= 4 is 45.9 Å². The molecule has 0 aliphatic heterocycles. The maximum absolute atomic E-state index is 12.3. The molecule has 13 heteroatoms. The molecule has 0 aliphatic carbocycles. The highest BCUT2D eigenvalue weighted by Gasteiger charge is 2.11. The Morgan fingerprint density at radius 2 is 1.02 bits per heavy atom. The average Bonchev–Trinajstić information content (AvgIpc) is 3.83. The fourth-order valence-electron chi connectivity index (χ4n) is 5.71. The van der Waals surface area contributed by atoms with Crippen LogP contribution in [0, 0.1) is 24.0 Å². The normalized spacial score (nSPS) is 10.5. The maximum Gasteiger partial charge on any atom is 0.269 e. The van der Waals surface area contributed by atoms with E-state index in [0.717, 1.165) is 45.1 Å². The Morgan fingerprint density at radius 1 is 0.632 bits per heavy atom. The number of fused-ring (bicyclic) bond motifs is 2. The molecular weight excluding hydrogens is 721 g/mol. The first-order valence-electron chi connectivity index (χ1n) is 17.9. The lowest BCUT2D eigenvalue weighted by Crippen LogP contribution is -2.11. The van der Waals surface area contributed by atoms with Gasteiger partial charge in [-0.05, 0) is 105 Å². The maximum atomic E-state index is 12.3. The molecule has 13 nitrogen and oxygen atoms in total. The molecule has 0 unspecified atom stereocenters. The number of pyridine rings is 2. The number of hydrogen-bond acceptors (Lipinski definition) is 8. The summed E-state index contributed by atoms with van der Waals surface area (Å²) in [4.78, 5) is 44.0. The van der Waals surface area contributed by atoms with Crippen molar-refractivity contribution in [1.29, 1.82) is 0 Å². The molecule has 286 valence electrons. The number of anilines is 3. The number of nitrogens with one attached hydrogen (secondary N) is 2. The topological polar surface area (TPSA) is 182 Å². The number of nitrogen functional groups attached to an aromatic ring is 1. The number of imidazole rings is 2. The van der Waals surface area contributed by atoms with Gasteiger partial charge in [0.2, 0.25) is 0 Å². The minimum absolute atomic E-state index is 0.0523. The molecule has 8 aromatic rings. The summed E-state index contributed by atoms with van der Waals surface area (Å²) in [6, 6.07) is 35.4. The van der Waals surface area contributed by atoms with Crippen molar-refractivity contribution in [2.75, 3.05) is 23.0 Å². The van der Waals surface area contributed by atoms with Gasteiger partial charge in [-0.1, -0.05) is 36.4 Å². The highest BCUT2D eigenvalue weighted by atomic mass is 16.6. The molecule has 0 fully saturated rings. The molecule has 0 radical (unpaired) electrons. The number of aliphatic hydroxyl groups excluding tert-OH is 1. The predicted molar refractivity (Wildman–Crippen MR) is 223 cm³/mol. The minimum atomic E-state index is -0.499. The van der Waals surface area contributed by atoms with Gasteiger partial charge in [-0.15, -0.1) is 0 Å². The number of non-ortho nitro benzene ring substituents is 1. The van der Waals surface area contributed by atoms with E-state index in [0.29, 0.717) is 22.5 Å². The molecule has 0 saturated heterocycles. The Balaban J connectivity index is 0.000000181. The van der Waals surface area contributed by atoms with E-state index >= 15 is 0 Å². The van der Waals surface area contributed by atoms with E-state index in [9.17, 15) is 19.7 Å². The van der Waals surface area contributed by atoms with E-state index in [-0.39, 0.29) is 24.1 Å². The van der Waals surface area contributed by atoms with Gasteiger partial charge in [0, 0.05) is 82.8 Å². The number of aliphatic hydroxyl groups is 1. The summed E-state index contributed by atoms with van der Waals surface area (Å²) in [6.45, 7) is 6.01. The lowest BCUT2D eigenvalue weighted by molar-refractivity contribution is -0.384. The second kappa shape index (κ2) is 17.7. The van der Waals surface area contributed by atoms with Crippen LogP contribution in [0.4, 0.5) is 22.7 Å². The number of aromatic nitrogens is 4. The summed E-state index contributed by atoms with van der Waals surface area (Å²) in [5.41, 5.74) is 16.3. The Bertz CT molecular complexity index is 2650. The van der Waals surface area contributed by atoms with Crippen LogP contribution in [0.25, 0.3) is 33.8 Å². The zero-order chi connectivity index (χ0) is 40.5. The number of nitro benzene ring substituents is 1. The van der Waals surface area contributed by atoms with Gasteiger partial charge in [0.1, 0.15) is 11.3 Å². The number of aryl methyl sites for hydroxylation is 2. The fraction of sp³-hybridized carbons (Fsp3) is 0.0909. The molecule has 2 amide bonds. The first kappa shape index (κ1) is 39.1. The Labute approximate surface area is 328 Å². The first-order valence-corrected chi connectivity index (χ1v) is 17.9. The molecule has 4 aromatic heterocycles. The smallest absolute Gasteiger partial charge is 0.269 e. The van der Waals surface area contributed by atoms with Crippen molar-refractivity contribution in [3.63, 3.8) is 0 Å². The van der Waals surface area contributed by atoms with E-state index < -0.39 is 4.92 Å². The third kappa shape index (κ3) is 9.92. The molecule has 0 aliphatic rings. The van der Waals surface area contributed by atoms with Gasteiger partial charge in [-0.2, -0.15) is 0 Å². The van der Waals surface area contributed by atoms with E-state index in [1.165, 1.54) is 29.8 Å². The van der Waals surface area contributed by atoms with Crippen LogP contribution in [0.3, 0.4) is 0 Å². The number of nitrogens with two attached hydrogens (primary N) is 1. The number of benzene rings is 4. The van der Waals surface area contributed by atoms with Gasteiger partial charge < -0.3 is 30.3 Å². The number of hydrogen-bond donors (Lipinski definition) is 4. The largest absolute Gasteiger partial charge is 0.399 e. The molecule has 0 saturated carbocycles. The number of nitro groups is 1. The molecule has 0 spiro atoms. The Hall–Kier alpha value is -7.64. The molecular formula is C44H40N8O5. The highest BCUT2D eigenvalue weighted by Crippen LogP contribution is 2.24. The summed E-state index contributed by atoms with van der Waals surface area (Å²) >= 11 is 0. The fourth-order valence-corrected chi connectivity index (χ4v) is 5.71. The zero-order valence-electron chi connectivity index (χ0n) is 31.5. The van der Waals surface area contributed by atoms with Crippen molar-refractivity contribution in [2.45, 2.75) is 20.8 Å². The van der Waals surface area contributed by atoms with Crippen molar-refractivity contribution in [2.24, 2.45) is 0 Å². The van der Waals surface area contributed by atoms with Crippen molar-refractivity contribution in [1.82, 2.24) is 18.8 Å². The van der Waals surface area contributed by atoms with Gasteiger partial charge in [-0.3, -0.25) is 19.7 Å². The lowest BCUT2D eigenvalue weighted by Gasteiger charge is -2.06. The third-order valence-corrected chi connectivity index (χ3v) is 8.59. The second-order valence-corrected chi connectivity index (χ2v) is 13.0. The predicted octanol–water partition coefficient (Wildman–Crippen LogP) is 8.61. The molecule has 57 heavy (non-hydrogen) atoms. The SMILES string of the molecule is CCO.Cc1ccc2nc(-c3ccc(NC(=O)c4ccc(N)cc4)cc3)cn2c1.Cc1ccc2nc(-c3ccc(NC(=O)c4ccc([N+](=O)[O-])cc4)cc3)cn2c1. The van der Waals surface area contributed by atoms with Gasteiger partial charge in [0.05, 0.1) is 16.3 Å². The molecule has 0 bridgehead atoms. The van der Waals surface area contributed by atoms with Gasteiger partial charge in [0.15, 0.2) is 0 Å². The second-order valence-electron chi connectivity index (χ2n) is 13.0. The van der Waals surface area contributed by atoms with Crippen LogP contribution in [-0.4, -0.2) is 47.2 Å². The summed E-state index contributed by atoms with van der Waals surface area (Å²) in [5, 5.41) is 23.9. The zero-order valence-corrected chi connectivity index (χ0v) is 31.5. The average molecular weight is 761 g/mol. The number of amides is 2. The summed E-state index contributed by atoms with van der Waals surface area (Å²) in [6.07, 6.45) is 8.04. The number of carbonyl (C=O) groups is 2. The van der Waals surface area contributed by atoms with E-state index in [2.05, 4.69) is 27.5 Å². The first-order chi connectivity index (χ1) is 27.5. The van der Waals surface area contributed by atoms with Crippen LogP contribution >= 0.6 is 0 Å². The number of nitrogens with zero attached hydrogens (tertiary/aromatic N) is 5.